The molecule has 0 fully saturated rings. The summed E-state index contributed by atoms with van der Waals surface area (Å²) in [7, 11) is 0. The number of nitrogens with zero attached hydrogens (tertiary/aromatic N) is 2. The summed E-state index contributed by atoms with van der Waals surface area (Å²) >= 11 is 0. The third-order valence-electron chi connectivity index (χ3n) is 2.52. The first kappa shape index (κ1) is 15.4. The van der Waals surface area contributed by atoms with Crippen LogP contribution in [0.2, 0.25) is 0 Å². The Balaban J connectivity index is 2.93. The van der Waals surface area contributed by atoms with Gasteiger partial charge in [0.05, 0.1) is 0 Å². The average Bonchev–Trinajstić information content (AvgIpc) is 2.35. The number of hydrogen-bond donors (Lipinski definition) is 0. The van der Waals surface area contributed by atoms with Crippen LogP contribution >= 0.6 is 0 Å². The van der Waals surface area contributed by atoms with Crippen molar-refractivity contribution in [2.24, 2.45) is 0 Å². The fraction of sp³-hybridized carbons (Fsp3) is 0.500. The number of hydrogen-bond acceptors (Lipinski definition) is 2. The Morgan fingerprint density at radius 3 is 2.47 bits per heavy atom. The van der Waals surface area contributed by atoms with Gasteiger partial charge in [-0.1, -0.05) is 6.07 Å². The van der Waals surface area contributed by atoms with Crippen molar-refractivity contribution < 1.29 is 22.4 Å². The molecule has 0 aromatic carbocycles. The van der Waals surface area contributed by atoms with E-state index in [1.807, 2.05) is 0 Å². The molecule has 19 heavy (non-hydrogen) atoms. The fourth-order valence-corrected chi connectivity index (χ4v) is 1.46. The summed E-state index contributed by atoms with van der Waals surface area (Å²) in [6, 6.07) is 2.53. The molecular formula is C12H14F4N2O. The summed E-state index contributed by atoms with van der Waals surface area (Å²) < 4.78 is 50.6. The minimum absolute atomic E-state index is 0.188. The summed E-state index contributed by atoms with van der Waals surface area (Å²) in [5.41, 5.74) is 0.495. The fourth-order valence-electron chi connectivity index (χ4n) is 1.46. The zero-order chi connectivity index (χ0) is 14.6. The van der Waals surface area contributed by atoms with Crippen molar-refractivity contribution in [1.29, 1.82) is 0 Å². The molecule has 0 saturated heterocycles. The first-order valence-corrected chi connectivity index (χ1v) is 5.62. The predicted octanol–water partition coefficient (Wildman–Crippen LogP) is 2.72. The summed E-state index contributed by atoms with van der Waals surface area (Å²) in [4.78, 5) is 16.0. The number of aromatic nitrogens is 1. The molecule has 1 amide bonds. The second-order valence-corrected chi connectivity index (χ2v) is 4.31. The van der Waals surface area contributed by atoms with Gasteiger partial charge >= 0.3 is 12.3 Å². The van der Waals surface area contributed by atoms with Gasteiger partial charge in [0.15, 0.2) is 0 Å². The van der Waals surface area contributed by atoms with Crippen molar-refractivity contribution in [2.45, 2.75) is 38.8 Å². The van der Waals surface area contributed by atoms with Crippen LogP contribution in [0.4, 0.5) is 17.6 Å². The highest BCUT2D eigenvalue weighted by Gasteiger charge is 2.51. The molecule has 106 valence electrons. The highest BCUT2D eigenvalue weighted by Crippen LogP contribution is 2.27. The maximum Gasteiger partial charge on any atom is 0.383 e. The number of pyridine rings is 1. The van der Waals surface area contributed by atoms with Gasteiger partial charge in [0.25, 0.3) is 5.91 Å². The van der Waals surface area contributed by atoms with E-state index in [9.17, 15) is 22.4 Å². The number of carbonyl (C=O) groups excluding carboxylic acids is 1. The number of halogens is 4. The molecule has 7 heteroatoms. The van der Waals surface area contributed by atoms with Crippen molar-refractivity contribution in [3.8, 4) is 0 Å². The van der Waals surface area contributed by atoms with Gasteiger partial charge < -0.3 is 4.90 Å². The highest BCUT2D eigenvalue weighted by atomic mass is 19.3. The first-order valence-electron chi connectivity index (χ1n) is 5.62. The van der Waals surface area contributed by atoms with E-state index in [4.69, 9.17) is 0 Å². The van der Waals surface area contributed by atoms with Crippen LogP contribution in [-0.2, 0) is 11.3 Å². The second-order valence-electron chi connectivity index (χ2n) is 4.31. The lowest BCUT2D eigenvalue weighted by atomic mass is 10.2. The van der Waals surface area contributed by atoms with E-state index in [2.05, 4.69) is 4.98 Å². The zero-order valence-electron chi connectivity index (χ0n) is 10.5. The van der Waals surface area contributed by atoms with Gasteiger partial charge in [0.2, 0.25) is 0 Å². The molecule has 0 spiro atoms. The minimum atomic E-state index is -4.67. The van der Waals surface area contributed by atoms with E-state index in [1.54, 1.807) is 12.1 Å². The van der Waals surface area contributed by atoms with Crippen LogP contribution in [0.5, 0.6) is 0 Å². The molecule has 1 rings (SSSR count). The van der Waals surface area contributed by atoms with Gasteiger partial charge in [0, 0.05) is 25.0 Å². The van der Waals surface area contributed by atoms with E-state index >= 15 is 0 Å². The van der Waals surface area contributed by atoms with Crippen LogP contribution in [0.1, 0.15) is 19.4 Å². The molecule has 0 unspecified atom stereocenters. The summed E-state index contributed by atoms with van der Waals surface area (Å²) in [5.74, 6) is -6.55. The molecule has 0 saturated carbocycles. The molecule has 0 radical (unpaired) electrons. The minimum Gasteiger partial charge on any atom is -0.330 e. The van der Waals surface area contributed by atoms with Crippen LogP contribution in [0, 0.1) is 0 Å². The Bertz CT molecular complexity index is 423. The van der Waals surface area contributed by atoms with Crippen LogP contribution in [0.15, 0.2) is 24.5 Å². The number of amides is 1. The molecule has 0 aliphatic rings. The van der Waals surface area contributed by atoms with Gasteiger partial charge in [0.1, 0.15) is 0 Å². The van der Waals surface area contributed by atoms with E-state index < -0.39 is 24.3 Å². The standard InChI is InChI=1S/C12H14F4N2O/c1-8(2)18(7-9-4-3-5-17-6-9)11(19)12(15,16)10(13)14/h3-6,8,10H,7H2,1-2H3. The molecule has 1 heterocycles. The second kappa shape index (κ2) is 5.99. The molecule has 0 atom stereocenters. The molecular weight excluding hydrogens is 264 g/mol. The van der Waals surface area contributed by atoms with Crippen molar-refractivity contribution in [3.05, 3.63) is 30.1 Å². The number of carbonyl (C=O) groups is 1. The van der Waals surface area contributed by atoms with Crippen molar-refractivity contribution in [1.82, 2.24) is 9.88 Å². The lowest BCUT2D eigenvalue weighted by Crippen LogP contribution is -2.49. The largest absolute Gasteiger partial charge is 0.383 e. The summed E-state index contributed by atoms with van der Waals surface area (Å²) in [6.45, 7) is 2.78. The summed E-state index contributed by atoms with van der Waals surface area (Å²) in [6.07, 6.45) is -1.14. The molecule has 1 aromatic rings. The van der Waals surface area contributed by atoms with Crippen LogP contribution < -0.4 is 0 Å². The van der Waals surface area contributed by atoms with Crippen molar-refractivity contribution in [2.75, 3.05) is 0 Å². The third-order valence-corrected chi connectivity index (χ3v) is 2.52. The number of rotatable bonds is 5. The predicted molar refractivity (Wildman–Crippen MR) is 60.9 cm³/mol. The van der Waals surface area contributed by atoms with Gasteiger partial charge in [-0.25, -0.2) is 8.78 Å². The highest BCUT2D eigenvalue weighted by molar-refractivity contribution is 5.84. The van der Waals surface area contributed by atoms with Crippen LogP contribution in [0.3, 0.4) is 0 Å². The van der Waals surface area contributed by atoms with Gasteiger partial charge in [-0.05, 0) is 25.5 Å². The summed E-state index contributed by atoms with van der Waals surface area (Å²) in [5, 5.41) is 0. The van der Waals surface area contributed by atoms with Crippen LogP contribution in [-0.4, -0.2) is 34.2 Å². The Hall–Kier alpha value is -1.66. The van der Waals surface area contributed by atoms with Gasteiger partial charge in [-0.3, -0.25) is 9.78 Å². The van der Waals surface area contributed by atoms with Gasteiger partial charge in [-0.15, -0.1) is 0 Å². The lowest BCUT2D eigenvalue weighted by Gasteiger charge is -2.30. The maximum absolute atomic E-state index is 13.1. The molecule has 3 nitrogen and oxygen atoms in total. The van der Waals surface area contributed by atoms with Crippen molar-refractivity contribution >= 4 is 5.91 Å². The van der Waals surface area contributed by atoms with E-state index in [1.165, 1.54) is 26.2 Å². The Kier molecular flexibility index (Phi) is 4.85. The SMILES string of the molecule is CC(C)N(Cc1cccnc1)C(=O)C(F)(F)C(F)F. The normalized spacial score (nSPS) is 12.0. The molecule has 0 N–H and O–H groups in total. The zero-order valence-corrected chi connectivity index (χ0v) is 10.5. The van der Waals surface area contributed by atoms with Crippen molar-refractivity contribution in [3.63, 3.8) is 0 Å². The van der Waals surface area contributed by atoms with E-state index in [0.717, 1.165) is 0 Å². The lowest BCUT2D eigenvalue weighted by molar-refractivity contribution is -0.183. The van der Waals surface area contributed by atoms with E-state index in [-0.39, 0.29) is 6.54 Å². The Morgan fingerprint density at radius 1 is 1.42 bits per heavy atom. The average molecular weight is 278 g/mol. The first-order chi connectivity index (χ1) is 8.76. The van der Waals surface area contributed by atoms with Gasteiger partial charge in [-0.2, -0.15) is 8.78 Å². The van der Waals surface area contributed by atoms with Crippen LogP contribution in [0.25, 0.3) is 0 Å². The topological polar surface area (TPSA) is 33.2 Å². The molecule has 0 bridgehead atoms. The molecule has 0 aliphatic heterocycles. The molecule has 0 aliphatic carbocycles. The quantitative estimate of drug-likeness (QED) is 0.776. The third kappa shape index (κ3) is 3.65. The van der Waals surface area contributed by atoms with E-state index in [0.29, 0.717) is 10.5 Å². The number of alkyl halides is 4. The molecule has 1 aromatic heterocycles. The smallest absolute Gasteiger partial charge is 0.330 e. The Labute approximate surface area is 108 Å². The Morgan fingerprint density at radius 2 is 2.05 bits per heavy atom. The maximum atomic E-state index is 13.1. The monoisotopic (exact) mass is 278 g/mol.